The molecule has 1 N–H and O–H groups in total. The molecule has 2 aromatic heterocycles. The molecule has 0 bridgehead atoms. The van der Waals surface area contributed by atoms with Crippen LogP contribution in [0.4, 0.5) is 0 Å². The summed E-state index contributed by atoms with van der Waals surface area (Å²) in [4.78, 5) is 16.4. The van der Waals surface area contributed by atoms with Crippen LogP contribution in [0.3, 0.4) is 0 Å². The molecule has 0 radical (unpaired) electrons. The molecule has 124 valence electrons. The van der Waals surface area contributed by atoms with E-state index in [2.05, 4.69) is 36.5 Å². The molecule has 0 atom stereocenters. The summed E-state index contributed by atoms with van der Waals surface area (Å²) in [6, 6.07) is 0.221. The standard InChI is InChI=1S/C15H20BrN5O2/c1-9-13(16)10(2)21(19-9)8-12-18-15(23-20-12)14(22)17-11-6-4-3-5-7-11/h11H,3-8H2,1-2H3,(H,17,22). The highest BCUT2D eigenvalue weighted by molar-refractivity contribution is 9.10. The van der Waals surface area contributed by atoms with E-state index >= 15 is 0 Å². The third-order valence-corrected chi connectivity index (χ3v) is 5.33. The number of aromatic nitrogens is 4. The van der Waals surface area contributed by atoms with Crippen LogP contribution in [0.2, 0.25) is 0 Å². The smallest absolute Gasteiger partial charge is 0.316 e. The zero-order chi connectivity index (χ0) is 16.4. The maximum absolute atomic E-state index is 12.2. The maximum Gasteiger partial charge on any atom is 0.316 e. The second-order valence-electron chi connectivity index (χ2n) is 5.97. The van der Waals surface area contributed by atoms with Crippen molar-refractivity contribution >= 4 is 21.8 Å². The molecule has 0 aromatic carbocycles. The van der Waals surface area contributed by atoms with Gasteiger partial charge in [0.2, 0.25) is 0 Å². The van der Waals surface area contributed by atoms with Crippen LogP contribution in [-0.2, 0) is 6.54 Å². The third kappa shape index (κ3) is 3.63. The number of aryl methyl sites for hydroxylation is 1. The van der Waals surface area contributed by atoms with E-state index in [9.17, 15) is 4.79 Å². The van der Waals surface area contributed by atoms with Gasteiger partial charge in [-0.2, -0.15) is 10.1 Å². The Morgan fingerprint density at radius 1 is 1.35 bits per heavy atom. The Balaban J connectivity index is 1.65. The van der Waals surface area contributed by atoms with Crippen LogP contribution in [0, 0.1) is 13.8 Å². The van der Waals surface area contributed by atoms with Gasteiger partial charge >= 0.3 is 11.8 Å². The number of amides is 1. The Labute approximate surface area is 143 Å². The van der Waals surface area contributed by atoms with Gasteiger partial charge in [0.15, 0.2) is 5.82 Å². The fraction of sp³-hybridized carbons (Fsp3) is 0.600. The topological polar surface area (TPSA) is 85.8 Å². The molecule has 1 fully saturated rings. The first-order valence-electron chi connectivity index (χ1n) is 7.87. The van der Waals surface area contributed by atoms with Crippen molar-refractivity contribution in [3.63, 3.8) is 0 Å². The van der Waals surface area contributed by atoms with Gasteiger partial charge in [-0.05, 0) is 42.6 Å². The molecular formula is C15H20BrN5O2. The monoisotopic (exact) mass is 381 g/mol. The maximum atomic E-state index is 12.2. The molecule has 0 aliphatic heterocycles. The van der Waals surface area contributed by atoms with Crippen LogP contribution in [-0.4, -0.2) is 31.9 Å². The van der Waals surface area contributed by atoms with Gasteiger partial charge in [0.25, 0.3) is 0 Å². The summed E-state index contributed by atoms with van der Waals surface area (Å²) in [7, 11) is 0. The van der Waals surface area contributed by atoms with Crippen LogP contribution < -0.4 is 5.32 Å². The summed E-state index contributed by atoms with van der Waals surface area (Å²) < 4.78 is 7.84. The number of carbonyl (C=O) groups is 1. The zero-order valence-corrected chi connectivity index (χ0v) is 14.9. The van der Waals surface area contributed by atoms with Crippen molar-refractivity contribution in [2.24, 2.45) is 0 Å². The predicted molar refractivity (Wildman–Crippen MR) is 87.1 cm³/mol. The van der Waals surface area contributed by atoms with E-state index in [1.807, 2.05) is 13.8 Å². The largest absolute Gasteiger partial charge is 0.345 e. The molecule has 1 aliphatic carbocycles. The molecule has 0 spiro atoms. The Morgan fingerprint density at radius 3 is 2.74 bits per heavy atom. The highest BCUT2D eigenvalue weighted by Gasteiger charge is 2.21. The van der Waals surface area contributed by atoms with Gasteiger partial charge in [-0.15, -0.1) is 0 Å². The average Bonchev–Trinajstić information content (AvgIpc) is 3.10. The van der Waals surface area contributed by atoms with Gasteiger partial charge in [-0.25, -0.2) is 0 Å². The zero-order valence-electron chi connectivity index (χ0n) is 13.3. The summed E-state index contributed by atoms with van der Waals surface area (Å²) in [5.41, 5.74) is 1.89. The van der Waals surface area contributed by atoms with Crippen molar-refractivity contribution in [1.29, 1.82) is 0 Å². The fourth-order valence-electron chi connectivity index (χ4n) is 2.87. The van der Waals surface area contributed by atoms with E-state index in [-0.39, 0.29) is 17.8 Å². The highest BCUT2D eigenvalue weighted by Crippen LogP contribution is 2.20. The lowest BCUT2D eigenvalue weighted by Crippen LogP contribution is -2.36. The SMILES string of the molecule is Cc1nn(Cc2noc(C(=O)NC3CCCCC3)n2)c(C)c1Br. The van der Waals surface area contributed by atoms with Crippen molar-refractivity contribution in [2.45, 2.75) is 58.5 Å². The van der Waals surface area contributed by atoms with E-state index in [1.54, 1.807) is 4.68 Å². The van der Waals surface area contributed by atoms with E-state index in [0.29, 0.717) is 12.4 Å². The van der Waals surface area contributed by atoms with Crippen molar-refractivity contribution in [1.82, 2.24) is 25.2 Å². The molecule has 7 nitrogen and oxygen atoms in total. The number of carbonyl (C=O) groups excluding carboxylic acids is 1. The number of nitrogens with one attached hydrogen (secondary N) is 1. The number of hydrogen-bond donors (Lipinski definition) is 1. The lowest BCUT2D eigenvalue weighted by Gasteiger charge is -2.21. The van der Waals surface area contributed by atoms with Crippen LogP contribution in [0.1, 0.15) is 60.0 Å². The molecule has 8 heteroatoms. The van der Waals surface area contributed by atoms with Crippen molar-refractivity contribution in [2.75, 3.05) is 0 Å². The number of nitrogens with zero attached hydrogens (tertiary/aromatic N) is 4. The van der Waals surface area contributed by atoms with Crippen LogP contribution in [0.5, 0.6) is 0 Å². The van der Waals surface area contributed by atoms with Gasteiger partial charge < -0.3 is 9.84 Å². The Morgan fingerprint density at radius 2 is 2.09 bits per heavy atom. The van der Waals surface area contributed by atoms with E-state index < -0.39 is 0 Å². The second-order valence-corrected chi connectivity index (χ2v) is 6.76. The summed E-state index contributed by atoms with van der Waals surface area (Å²) in [5, 5.41) is 11.3. The average molecular weight is 382 g/mol. The van der Waals surface area contributed by atoms with Crippen molar-refractivity contribution in [3.8, 4) is 0 Å². The molecular weight excluding hydrogens is 362 g/mol. The third-order valence-electron chi connectivity index (χ3n) is 4.19. The van der Waals surface area contributed by atoms with Gasteiger partial charge in [0.1, 0.15) is 6.54 Å². The molecule has 1 amide bonds. The molecule has 2 aromatic rings. The number of halogens is 1. The molecule has 3 rings (SSSR count). The predicted octanol–water partition coefficient (Wildman–Crippen LogP) is 2.76. The fourth-order valence-corrected chi connectivity index (χ4v) is 3.15. The summed E-state index contributed by atoms with van der Waals surface area (Å²) in [5.74, 6) is 0.174. The van der Waals surface area contributed by atoms with Gasteiger partial charge in [0, 0.05) is 6.04 Å². The summed E-state index contributed by atoms with van der Waals surface area (Å²) in [6.45, 7) is 4.26. The van der Waals surface area contributed by atoms with Crippen LogP contribution in [0.15, 0.2) is 9.00 Å². The molecule has 23 heavy (non-hydrogen) atoms. The minimum Gasteiger partial charge on any atom is -0.345 e. The van der Waals surface area contributed by atoms with E-state index in [1.165, 1.54) is 6.42 Å². The van der Waals surface area contributed by atoms with Crippen molar-refractivity contribution < 1.29 is 9.32 Å². The Bertz CT molecular complexity index is 703. The number of hydrogen-bond acceptors (Lipinski definition) is 5. The Kier molecular flexibility index (Phi) is 4.79. The summed E-state index contributed by atoms with van der Waals surface area (Å²) in [6.07, 6.45) is 5.61. The molecule has 1 aliphatic rings. The quantitative estimate of drug-likeness (QED) is 0.879. The first kappa shape index (κ1) is 16.2. The second kappa shape index (κ2) is 6.82. The first-order chi connectivity index (χ1) is 11.0. The van der Waals surface area contributed by atoms with E-state index in [4.69, 9.17) is 4.52 Å². The van der Waals surface area contributed by atoms with Crippen LogP contribution >= 0.6 is 15.9 Å². The Hall–Kier alpha value is -1.70. The lowest BCUT2D eigenvalue weighted by molar-refractivity contribution is 0.0883. The first-order valence-corrected chi connectivity index (χ1v) is 8.67. The highest BCUT2D eigenvalue weighted by atomic mass is 79.9. The van der Waals surface area contributed by atoms with Crippen LogP contribution in [0.25, 0.3) is 0 Å². The molecule has 2 heterocycles. The van der Waals surface area contributed by atoms with Crippen molar-refractivity contribution in [3.05, 3.63) is 27.6 Å². The minimum absolute atomic E-state index is 0.0196. The van der Waals surface area contributed by atoms with Gasteiger partial charge in [0.05, 0.1) is 15.9 Å². The lowest BCUT2D eigenvalue weighted by atomic mass is 9.95. The normalized spacial score (nSPS) is 15.8. The van der Waals surface area contributed by atoms with Gasteiger partial charge in [-0.1, -0.05) is 24.4 Å². The molecule has 1 saturated carbocycles. The molecule has 0 unspecified atom stereocenters. The molecule has 0 saturated heterocycles. The van der Waals surface area contributed by atoms with E-state index in [0.717, 1.165) is 41.5 Å². The minimum atomic E-state index is -0.287. The van der Waals surface area contributed by atoms with Gasteiger partial charge in [-0.3, -0.25) is 9.48 Å². The summed E-state index contributed by atoms with van der Waals surface area (Å²) >= 11 is 3.49. The number of rotatable bonds is 4.